The number of hydrogen-bond donors (Lipinski definition) is 1. The van der Waals surface area contributed by atoms with E-state index >= 15 is 0 Å². The molecule has 0 spiro atoms. The van der Waals surface area contributed by atoms with Crippen LogP contribution in [-0.4, -0.2) is 16.1 Å². The molecule has 3 heteroatoms. The van der Waals surface area contributed by atoms with Crippen molar-refractivity contribution in [3.63, 3.8) is 0 Å². The SMILES string of the molecule is C#Cc1cnccc1CC(=O)O. The molecule has 0 bridgehead atoms. The number of aliphatic carboxylic acids is 1. The number of rotatable bonds is 2. The fourth-order valence-corrected chi connectivity index (χ4v) is 0.870. The molecule has 12 heavy (non-hydrogen) atoms. The lowest BCUT2D eigenvalue weighted by Crippen LogP contribution is -2.02. The van der Waals surface area contributed by atoms with Gasteiger partial charge in [-0.05, 0) is 11.6 Å². The predicted molar refractivity (Wildman–Crippen MR) is 43.5 cm³/mol. The summed E-state index contributed by atoms with van der Waals surface area (Å²) < 4.78 is 0. The Hall–Kier alpha value is -1.82. The summed E-state index contributed by atoms with van der Waals surface area (Å²) >= 11 is 0. The highest BCUT2D eigenvalue weighted by Gasteiger charge is 2.03. The first-order valence-electron chi connectivity index (χ1n) is 3.35. The van der Waals surface area contributed by atoms with Crippen LogP contribution in [0.4, 0.5) is 0 Å². The summed E-state index contributed by atoms with van der Waals surface area (Å²) in [5.41, 5.74) is 1.17. The van der Waals surface area contributed by atoms with Gasteiger partial charge in [0.25, 0.3) is 0 Å². The first kappa shape index (κ1) is 8.28. The van der Waals surface area contributed by atoms with Crippen molar-refractivity contribution in [2.45, 2.75) is 6.42 Å². The molecule has 0 fully saturated rings. The molecule has 0 aliphatic rings. The van der Waals surface area contributed by atoms with Crippen LogP contribution >= 0.6 is 0 Å². The van der Waals surface area contributed by atoms with Crippen LogP contribution in [0.15, 0.2) is 18.5 Å². The smallest absolute Gasteiger partial charge is 0.307 e. The normalized spacial score (nSPS) is 8.92. The molecule has 3 nitrogen and oxygen atoms in total. The van der Waals surface area contributed by atoms with E-state index < -0.39 is 5.97 Å². The van der Waals surface area contributed by atoms with E-state index in [9.17, 15) is 4.79 Å². The van der Waals surface area contributed by atoms with Crippen molar-refractivity contribution in [1.82, 2.24) is 4.98 Å². The van der Waals surface area contributed by atoms with Gasteiger partial charge in [-0.25, -0.2) is 0 Å². The van der Waals surface area contributed by atoms with Crippen molar-refractivity contribution in [3.8, 4) is 12.3 Å². The highest BCUT2D eigenvalue weighted by molar-refractivity contribution is 5.71. The van der Waals surface area contributed by atoms with Gasteiger partial charge < -0.3 is 5.11 Å². The fourth-order valence-electron chi connectivity index (χ4n) is 0.870. The monoisotopic (exact) mass is 161 g/mol. The summed E-state index contributed by atoms with van der Waals surface area (Å²) in [7, 11) is 0. The van der Waals surface area contributed by atoms with E-state index in [4.69, 9.17) is 11.5 Å². The van der Waals surface area contributed by atoms with Gasteiger partial charge in [0.05, 0.1) is 6.42 Å². The van der Waals surface area contributed by atoms with Crippen molar-refractivity contribution < 1.29 is 9.90 Å². The third-order valence-electron chi connectivity index (χ3n) is 1.41. The van der Waals surface area contributed by atoms with Gasteiger partial charge >= 0.3 is 5.97 Å². The molecule has 0 radical (unpaired) electrons. The van der Waals surface area contributed by atoms with Crippen LogP contribution in [-0.2, 0) is 11.2 Å². The lowest BCUT2D eigenvalue weighted by Gasteiger charge is -1.98. The summed E-state index contributed by atoms with van der Waals surface area (Å²) in [5, 5.41) is 8.50. The van der Waals surface area contributed by atoms with Gasteiger partial charge in [-0.15, -0.1) is 6.42 Å². The van der Waals surface area contributed by atoms with Crippen LogP contribution in [0.3, 0.4) is 0 Å². The maximum absolute atomic E-state index is 10.3. The Balaban J connectivity index is 2.99. The molecule has 1 aromatic rings. The zero-order chi connectivity index (χ0) is 8.97. The van der Waals surface area contributed by atoms with Crippen molar-refractivity contribution in [2.24, 2.45) is 0 Å². The molecule has 0 atom stereocenters. The number of hydrogen-bond acceptors (Lipinski definition) is 2. The number of aromatic nitrogens is 1. The molecule has 0 saturated heterocycles. The number of pyridine rings is 1. The molecule has 0 saturated carbocycles. The number of carboxylic acids is 1. The highest BCUT2D eigenvalue weighted by Crippen LogP contribution is 2.05. The zero-order valence-electron chi connectivity index (χ0n) is 6.32. The number of carboxylic acid groups (broad SMARTS) is 1. The first-order chi connectivity index (χ1) is 5.74. The Morgan fingerprint density at radius 2 is 2.50 bits per heavy atom. The summed E-state index contributed by atoms with van der Waals surface area (Å²) in [6, 6.07) is 1.61. The summed E-state index contributed by atoms with van der Waals surface area (Å²) in [6.07, 6.45) is 8.10. The van der Waals surface area contributed by atoms with Gasteiger partial charge in [-0.1, -0.05) is 5.92 Å². The molecule has 1 rings (SSSR count). The lowest BCUT2D eigenvalue weighted by atomic mass is 10.1. The molecular formula is C9H7NO2. The first-order valence-corrected chi connectivity index (χ1v) is 3.35. The molecule has 0 aromatic carbocycles. The Morgan fingerprint density at radius 1 is 1.75 bits per heavy atom. The van der Waals surface area contributed by atoms with Gasteiger partial charge in [0.2, 0.25) is 0 Å². The molecular weight excluding hydrogens is 154 g/mol. The second-order valence-corrected chi connectivity index (χ2v) is 2.25. The van der Waals surface area contributed by atoms with Crippen molar-refractivity contribution in [2.75, 3.05) is 0 Å². The minimum absolute atomic E-state index is 0.0535. The Kier molecular flexibility index (Phi) is 2.44. The van der Waals surface area contributed by atoms with E-state index in [1.165, 1.54) is 12.4 Å². The van der Waals surface area contributed by atoms with E-state index in [2.05, 4.69) is 10.9 Å². The minimum Gasteiger partial charge on any atom is -0.481 e. The van der Waals surface area contributed by atoms with Crippen LogP contribution in [0.1, 0.15) is 11.1 Å². The Morgan fingerprint density at radius 3 is 3.08 bits per heavy atom. The predicted octanol–water partition coefficient (Wildman–Crippen LogP) is 0.690. The average molecular weight is 161 g/mol. The van der Waals surface area contributed by atoms with E-state index in [0.29, 0.717) is 11.1 Å². The molecule has 1 N–H and O–H groups in total. The second-order valence-electron chi connectivity index (χ2n) is 2.25. The Labute approximate surface area is 70.1 Å². The van der Waals surface area contributed by atoms with E-state index in [1.54, 1.807) is 6.07 Å². The quantitative estimate of drug-likeness (QED) is 0.649. The summed E-state index contributed by atoms with van der Waals surface area (Å²) in [6.45, 7) is 0. The zero-order valence-corrected chi connectivity index (χ0v) is 6.32. The average Bonchev–Trinajstić information content (AvgIpc) is 2.04. The van der Waals surface area contributed by atoms with E-state index in [-0.39, 0.29) is 6.42 Å². The third kappa shape index (κ3) is 1.83. The van der Waals surface area contributed by atoms with Gasteiger partial charge in [0.15, 0.2) is 0 Å². The van der Waals surface area contributed by atoms with Gasteiger partial charge in [-0.2, -0.15) is 0 Å². The van der Waals surface area contributed by atoms with Crippen LogP contribution in [0, 0.1) is 12.3 Å². The van der Waals surface area contributed by atoms with Crippen LogP contribution in [0.5, 0.6) is 0 Å². The standard InChI is InChI=1S/C9H7NO2/c1-2-7-6-10-4-3-8(7)5-9(11)12/h1,3-4,6H,5H2,(H,11,12). The van der Waals surface area contributed by atoms with Gasteiger partial charge in [0.1, 0.15) is 0 Å². The van der Waals surface area contributed by atoms with Gasteiger partial charge in [0, 0.05) is 18.0 Å². The van der Waals surface area contributed by atoms with E-state index in [1.807, 2.05) is 0 Å². The van der Waals surface area contributed by atoms with Crippen molar-refractivity contribution in [3.05, 3.63) is 29.6 Å². The maximum Gasteiger partial charge on any atom is 0.307 e. The van der Waals surface area contributed by atoms with Crippen molar-refractivity contribution in [1.29, 1.82) is 0 Å². The molecule has 0 aliphatic carbocycles. The molecule has 0 unspecified atom stereocenters. The van der Waals surface area contributed by atoms with Crippen LogP contribution in [0.25, 0.3) is 0 Å². The topological polar surface area (TPSA) is 50.2 Å². The summed E-state index contributed by atoms with van der Waals surface area (Å²) in [5.74, 6) is 1.48. The number of terminal acetylenes is 1. The van der Waals surface area contributed by atoms with Gasteiger partial charge in [-0.3, -0.25) is 9.78 Å². The van der Waals surface area contributed by atoms with E-state index in [0.717, 1.165) is 0 Å². The minimum atomic E-state index is -0.891. The largest absolute Gasteiger partial charge is 0.481 e. The highest BCUT2D eigenvalue weighted by atomic mass is 16.4. The van der Waals surface area contributed by atoms with Crippen molar-refractivity contribution >= 4 is 5.97 Å². The second kappa shape index (κ2) is 3.54. The third-order valence-corrected chi connectivity index (χ3v) is 1.41. The molecule has 0 amide bonds. The molecule has 60 valence electrons. The fraction of sp³-hybridized carbons (Fsp3) is 0.111. The van der Waals surface area contributed by atoms with Crippen LogP contribution < -0.4 is 0 Å². The Bertz CT molecular complexity index is 339. The molecule has 0 aliphatic heterocycles. The van der Waals surface area contributed by atoms with Crippen LogP contribution in [0.2, 0.25) is 0 Å². The summed E-state index contributed by atoms with van der Waals surface area (Å²) in [4.78, 5) is 14.1. The number of nitrogens with zero attached hydrogens (tertiary/aromatic N) is 1. The molecule has 1 heterocycles. The molecule has 1 aromatic heterocycles. The lowest BCUT2D eigenvalue weighted by molar-refractivity contribution is -0.136. The maximum atomic E-state index is 10.3. The number of carbonyl (C=O) groups is 1.